The Labute approximate surface area is 163 Å². The molecule has 0 aromatic heterocycles. The van der Waals surface area contributed by atoms with E-state index in [4.69, 9.17) is 16.6 Å². The van der Waals surface area contributed by atoms with E-state index in [2.05, 4.69) is 5.32 Å². The number of likely N-dealkylation sites (tertiary alicyclic amines) is 1. The van der Waals surface area contributed by atoms with E-state index in [1.807, 2.05) is 36.1 Å². The first-order valence-corrected chi connectivity index (χ1v) is 9.38. The van der Waals surface area contributed by atoms with Crippen molar-refractivity contribution in [1.82, 2.24) is 10.2 Å². The van der Waals surface area contributed by atoms with Crippen LogP contribution >= 0.6 is 11.6 Å². The summed E-state index contributed by atoms with van der Waals surface area (Å²) in [6, 6.07) is 14.7. The third kappa shape index (κ3) is 3.35. The van der Waals surface area contributed by atoms with Gasteiger partial charge in [-0.05, 0) is 30.7 Å². The molecule has 1 spiro atoms. The number of amides is 2. The van der Waals surface area contributed by atoms with Crippen LogP contribution in [0, 0.1) is 6.92 Å². The van der Waals surface area contributed by atoms with Crippen LogP contribution < -0.4 is 5.32 Å². The molecule has 0 radical (unpaired) electrons. The average Bonchev–Trinajstić information content (AvgIpc) is 2.99. The normalized spacial score (nSPS) is 18.4. The minimum absolute atomic E-state index is 0.0363. The SMILES string of the molecule is Cc1ccccc1C(=O)N1CCC2(CC1)N=C(c1ccc(Cl)cc1)C(=O)N2. The minimum atomic E-state index is -0.617. The number of piperidine rings is 1. The van der Waals surface area contributed by atoms with Crippen LogP contribution in [0.3, 0.4) is 0 Å². The molecule has 5 nitrogen and oxygen atoms in total. The van der Waals surface area contributed by atoms with E-state index in [0.29, 0.717) is 36.7 Å². The monoisotopic (exact) mass is 381 g/mol. The summed E-state index contributed by atoms with van der Waals surface area (Å²) in [5.41, 5.74) is 2.28. The Morgan fingerprint density at radius 3 is 2.44 bits per heavy atom. The lowest BCUT2D eigenvalue weighted by molar-refractivity contribution is -0.115. The van der Waals surface area contributed by atoms with E-state index in [9.17, 15) is 9.59 Å². The lowest BCUT2D eigenvalue weighted by Gasteiger charge is -2.37. The van der Waals surface area contributed by atoms with Crippen LogP contribution in [0.4, 0.5) is 0 Å². The number of halogens is 1. The smallest absolute Gasteiger partial charge is 0.272 e. The van der Waals surface area contributed by atoms with E-state index in [1.165, 1.54) is 0 Å². The van der Waals surface area contributed by atoms with Crippen molar-refractivity contribution in [2.75, 3.05) is 13.1 Å². The minimum Gasteiger partial charge on any atom is -0.338 e. The highest BCUT2D eigenvalue weighted by molar-refractivity contribution is 6.47. The molecule has 2 aromatic rings. The molecule has 1 fully saturated rings. The van der Waals surface area contributed by atoms with Gasteiger partial charge in [0.15, 0.2) is 0 Å². The molecule has 138 valence electrons. The lowest BCUT2D eigenvalue weighted by atomic mass is 9.97. The van der Waals surface area contributed by atoms with E-state index < -0.39 is 5.66 Å². The fourth-order valence-corrected chi connectivity index (χ4v) is 3.79. The summed E-state index contributed by atoms with van der Waals surface area (Å²) in [6.45, 7) is 3.06. The van der Waals surface area contributed by atoms with Gasteiger partial charge in [-0.15, -0.1) is 0 Å². The molecule has 1 saturated heterocycles. The second kappa shape index (κ2) is 6.82. The van der Waals surface area contributed by atoms with Gasteiger partial charge in [-0.3, -0.25) is 14.6 Å². The number of aliphatic imine (C=N–C) groups is 1. The van der Waals surface area contributed by atoms with Gasteiger partial charge in [-0.25, -0.2) is 0 Å². The van der Waals surface area contributed by atoms with Crippen LogP contribution in [0.2, 0.25) is 5.02 Å². The number of nitrogens with one attached hydrogen (secondary N) is 1. The Kier molecular flexibility index (Phi) is 4.48. The average molecular weight is 382 g/mol. The number of rotatable bonds is 2. The van der Waals surface area contributed by atoms with Crippen molar-refractivity contribution >= 4 is 29.1 Å². The van der Waals surface area contributed by atoms with Gasteiger partial charge in [0.25, 0.3) is 11.8 Å². The Bertz CT molecular complexity index is 929. The van der Waals surface area contributed by atoms with Crippen molar-refractivity contribution in [2.45, 2.75) is 25.4 Å². The third-order valence-corrected chi connectivity index (χ3v) is 5.51. The highest BCUT2D eigenvalue weighted by Crippen LogP contribution is 2.30. The zero-order valence-electron chi connectivity index (χ0n) is 15.0. The Balaban J connectivity index is 1.50. The predicted octanol–water partition coefficient (Wildman–Crippen LogP) is 3.20. The van der Waals surface area contributed by atoms with Gasteiger partial charge in [0.05, 0.1) is 0 Å². The van der Waals surface area contributed by atoms with Crippen molar-refractivity contribution in [2.24, 2.45) is 4.99 Å². The second-order valence-corrected chi connectivity index (χ2v) is 7.50. The van der Waals surface area contributed by atoms with Crippen molar-refractivity contribution in [3.63, 3.8) is 0 Å². The summed E-state index contributed by atoms with van der Waals surface area (Å²) in [5.74, 6) is -0.134. The molecular formula is C21H20ClN3O2. The molecule has 0 bridgehead atoms. The highest BCUT2D eigenvalue weighted by atomic mass is 35.5. The van der Waals surface area contributed by atoms with Gasteiger partial charge in [-0.2, -0.15) is 0 Å². The van der Waals surface area contributed by atoms with Crippen LogP contribution in [0.5, 0.6) is 0 Å². The van der Waals surface area contributed by atoms with Crippen molar-refractivity contribution < 1.29 is 9.59 Å². The fourth-order valence-electron chi connectivity index (χ4n) is 3.67. The molecule has 27 heavy (non-hydrogen) atoms. The molecule has 6 heteroatoms. The maximum absolute atomic E-state index is 12.8. The zero-order chi connectivity index (χ0) is 19.0. The lowest BCUT2D eigenvalue weighted by Crippen LogP contribution is -2.52. The van der Waals surface area contributed by atoms with E-state index in [-0.39, 0.29) is 11.8 Å². The number of hydrogen-bond donors (Lipinski definition) is 1. The maximum Gasteiger partial charge on any atom is 0.272 e. The predicted molar refractivity (Wildman–Crippen MR) is 105 cm³/mol. The van der Waals surface area contributed by atoms with Crippen LogP contribution in [0.1, 0.15) is 34.3 Å². The summed E-state index contributed by atoms with van der Waals surface area (Å²) >= 11 is 5.93. The van der Waals surface area contributed by atoms with Crippen LogP contribution in [0.15, 0.2) is 53.5 Å². The van der Waals surface area contributed by atoms with Crippen molar-refractivity contribution in [1.29, 1.82) is 0 Å². The molecular weight excluding hydrogens is 362 g/mol. The van der Waals surface area contributed by atoms with Gasteiger partial charge >= 0.3 is 0 Å². The molecule has 2 aromatic carbocycles. The molecule has 2 amide bonds. The standard InChI is InChI=1S/C21H20ClN3O2/c1-14-4-2-3-5-17(14)20(27)25-12-10-21(11-13-25)23-18(19(26)24-21)15-6-8-16(22)9-7-15/h2-9H,10-13H2,1H3,(H,24,26). The fraction of sp³-hybridized carbons (Fsp3) is 0.286. The van der Waals surface area contributed by atoms with Crippen LogP contribution in [-0.4, -0.2) is 41.2 Å². The zero-order valence-corrected chi connectivity index (χ0v) is 15.8. The van der Waals surface area contributed by atoms with E-state index in [0.717, 1.165) is 16.7 Å². The molecule has 0 aliphatic carbocycles. The second-order valence-electron chi connectivity index (χ2n) is 7.06. The first-order valence-electron chi connectivity index (χ1n) is 9.01. The first-order chi connectivity index (χ1) is 13.0. The number of hydrogen-bond acceptors (Lipinski definition) is 3. The summed E-state index contributed by atoms with van der Waals surface area (Å²) in [4.78, 5) is 31.8. The number of aryl methyl sites for hydroxylation is 1. The molecule has 2 aliphatic rings. The molecule has 2 aliphatic heterocycles. The number of carbonyl (C=O) groups excluding carboxylic acids is 2. The van der Waals surface area contributed by atoms with Crippen molar-refractivity contribution in [3.8, 4) is 0 Å². The number of nitrogens with zero attached hydrogens (tertiary/aromatic N) is 2. The molecule has 0 atom stereocenters. The van der Waals surface area contributed by atoms with Crippen LogP contribution in [-0.2, 0) is 4.79 Å². The Morgan fingerprint density at radius 2 is 1.78 bits per heavy atom. The van der Waals surface area contributed by atoms with Gasteiger partial charge in [-0.1, -0.05) is 41.9 Å². The molecule has 1 N–H and O–H groups in total. The topological polar surface area (TPSA) is 61.8 Å². The number of carbonyl (C=O) groups is 2. The van der Waals surface area contributed by atoms with Crippen molar-refractivity contribution in [3.05, 3.63) is 70.2 Å². The highest BCUT2D eigenvalue weighted by Gasteiger charge is 2.43. The summed E-state index contributed by atoms with van der Waals surface area (Å²) in [6.07, 6.45) is 1.21. The first kappa shape index (κ1) is 17.7. The van der Waals surface area contributed by atoms with Crippen LogP contribution in [0.25, 0.3) is 0 Å². The quantitative estimate of drug-likeness (QED) is 0.868. The van der Waals surface area contributed by atoms with E-state index >= 15 is 0 Å². The number of benzene rings is 2. The largest absolute Gasteiger partial charge is 0.338 e. The summed E-state index contributed by atoms with van der Waals surface area (Å²) < 4.78 is 0. The van der Waals surface area contributed by atoms with Gasteiger partial charge in [0.2, 0.25) is 0 Å². The maximum atomic E-state index is 12.8. The molecule has 0 saturated carbocycles. The Morgan fingerprint density at radius 1 is 1.11 bits per heavy atom. The summed E-state index contributed by atoms with van der Waals surface area (Å²) in [7, 11) is 0. The van der Waals surface area contributed by atoms with E-state index in [1.54, 1.807) is 24.3 Å². The van der Waals surface area contributed by atoms with Gasteiger partial charge in [0, 0.05) is 42.1 Å². The molecule has 2 heterocycles. The Hall–Kier alpha value is -2.66. The van der Waals surface area contributed by atoms with Gasteiger partial charge in [0.1, 0.15) is 11.4 Å². The molecule has 4 rings (SSSR count). The third-order valence-electron chi connectivity index (χ3n) is 5.26. The van der Waals surface area contributed by atoms with Gasteiger partial charge < -0.3 is 10.2 Å². The summed E-state index contributed by atoms with van der Waals surface area (Å²) in [5, 5.41) is 3.65. The molecule has 0 unspecified atom stereocenters.